The van der Waals surface area contributed by atoms with Crippen LogP contribution in [0, 0.1) is 0 Å². The molecule has 0 aliphatic rings. The molecular weight excluding hydrogens is 226 g/mol. The Morgan fingerprint density at radius 2 is 1.89 bits per heavy atom. The second-order valence-electron chi connectivity index (χ2n) is 4.27. The first-order valence-corrected chi connectivity index (χ1v) is 6.15. The van der Waals surface area contributed by atoms with Crippen LogP contribution in [0.3, 0.4) is 0 Å². The van der Waals surface area contributed by atoms with Crippen molar-refractivity contribution >= 4 is 22.7 Å². The van der Waals surface area contributed by atoms with Gasteiger partial charge in [-0.2, -0.15) is 0 Å². The molecule has 0 unspecified atom stereocenters. The maximum absolute atomic E-state index is 5.89. The number of benzene rings is 1. The first-order chi connectivity index (χ1) is 8.70. The Labute approximate surface area is 107 Å². The van der Waals surface area contributed by atoms with Crippen molar-refractivity contribution in [2.24, 2.45) is 0 Å². The number of aromatic nitrogens is 2. The molecule has 2 rings (SSSR count). The molecule has 0 saturated heterocycles. The zero-order valence-corrected chi connectivity index (χ0v) is 10.8. The van der Waals surface area contributed by atoms with Gasteiger partial charge in [-0.15, -0.1) is 0 Å². The van der Waals surface area contributed by atoms with Crippen LogP contribution in [-0.4, -0.2) is 41.5 Å². The third-order valence-electron chi connectivity index (χ3n) is 2.92. The lowest BCUT2D eigenvalue weighted by Crippen LogP contribution is -2.25. The molecule has 0 bridgehead atoms. The lowest BCUT2D eigenvalue weighted by atomic mass is 10.3. The molecule has 0 amide bonds. The predicted octanol–water partition coefficient (Wildman–Crippen LogP) is 1.58. The van der Waals surface area contributed by atoms with Crippen molar-refractivity contribution in [1.82, 2.24) is 14.9 Å². The van der Waals surface area contributed by atoms with Gasteiger partial charge in [0.1, 0.15) is 0 Å². The normalized spacial score (nSPS) is 11.1. The topological polar surface area (TPSA) is 67.1 Å². The van der Waals surface area contributed by atoms with Gasteiger partial charge in [-0.25, -0.2) is 9.97 Å². The maximum atomic E-state index is 5.89. The molecule has 1 aromatic heterocycles. The molecule has 0 radical (unpaired) electrons. The fourth-order valence-electron chi connectivity index (χ4n) is 1.67. The van der Waals surface area contributed by atoms with Crippen molar-refractivity contribution in [2.45, 2.75) is 6.92 Å². The number of nitrogens with two attached hydrogens (primary N) is 1. The van der Waals surface area contributed by atoms with Crippen molar-refractivity contribution < 1.29 is 0 Å². The van der Waals surface area contributed by atoms with E-state index in [0.29, 0.717) is 11.6 Å². The third-order valence-corrected chi connectivity index (χ3v) is 2.92. The molecule has 5 heteroatoms. The molecule has 2 aromatic rings. The summed E-state index contributed by atoms with van der Waals surface area (Å²) in [6.07, 6.45) is 0. The van der Waals surface area contributed by atoms with Crippen LogP contribution in [0.2, 0.25) is 0 Å². The molecule has 0 saturated carbocycles. The van der Waals surface area contributed by atoms with Crippen LogP contribution in [0.15, 0.2) is 24.3 Å². The van der Waals surface area contributed by atoms with E-state index in [9.17, 15) is 0 Å². The molecule has 0 spiro atoms. The van der Waals surface area contributed by atoms with E-state index in [1.54, 1.807) is 0 Å². The van der Waals surface area contributed by atoms with Crippen molar-refractivity contribution in [3.05, 3.63) is 24.3 Å². The summed E-state index contributed by atoms with van der Waals surface area (Å²) >= 11 is 0. The molecule has 1 heterocycles. The fraction of sp³-hybridized carbons (Fsp3) is 0.385. The molecule has 18 heavy (non-hydrogen) atoms. The molecule has 0 aliphatic heterocycles. The number of rotatable bonds is 5. The van der Waals surface area contributed by atoms with Gasteiger partial charge >= 0.3 is 0 Å². The van der Waals surface area contributed by atoms with Crippen molar-refractivity contribution in [3.8, 4) is 0 Å². The molecule has 0 fully saturated rings. The van der Waals surface area contributed by atoms with Gasteiger partial charge in [0.05, 0.1) is 11.0 Å². The fourth-order valence-corrected chi connectivity index (χ4v) is 1.67. The third kappa shape index (κ3) is 2.87. The number of nitrogens with zero attached hydrogens (tertiary/aromatic N) is 3. The van der Waals surface area contributed by atoms with E-state index < -0.39 is 0 Å². The van der Waals surface area contributed by atoms with Gasteiger partial charge in [0, 0.05) is 13.1 Å². The lowest BCUT2D eigenvalue weighted by Gasteiger charge is -2.15. The van der Waals surface area contributed by atoms with E-state index in [4.69, 9.17) is 5.73 Å². The summed E-state index contributed by atoms with van der Waals surface area (Å²) in [7, 11) is 2.08. The van der Waals surface area contributed by atoms with Crippen LogP contribution in [0.25, 0.3) is 11.0 Å². The Balaban J connectivity index is 2.10. The first-order valence-electron chi connectivity index (χ1n) is 6.15. The number of anilines is 2. The van der Waals surface area contributed by atoms with Gasteiger partial charge in [-0.1, -0.05) is 19.1 Å². The highest BCUT2D eigenvalue weighted by atomic mass is 15.1. The highest BCUT2D eigenvalue weighted by Crippen LogP contribution is 2.17. The summed E-state index contributed by atoms with van der Waals surface area (Å²) in [5, 5.41) is 3.23. The molecular formula is C13H19N5. The smallest absolute Gasteiger partial charge is 0.169 e. The zero-order valence-electron chi connectivity index (χ0n) is 10.8. The largest absolute Gasteiger partial charge is 0.381 e. The van der Waals surface area contributed by atoms with E-state index >= 15 is 0 Å². The Bertz CT molecular complexity index is 526. The van der Waals surface area contributed by atoms with E-state index in [2.05, 4.69) is 34.2 Å². The van der Waals surface area contributed by atoms with Crippen LogP contribution < -0.4 is 11.1 Å². The van der Waals surface area contributed by atoms with E-state index in [1.165, 1.54) is 0 Å². The number of hydrogen-bond donors (Lipinski definition) is 2. The Morgan fingerprint density at radius 1 is 1.22 bits per heavy atom. The number of hydrogen-bond acceptors (Lipinski definition) is 5. The Hall–Kier alpha value is -1.88. The minimum Gasteiger partial charge on any atom is -0.381 e. The number of likely N-dealkylation sites (N-methyl/N-ethyl adjacent to an activating group) is 1. The minimum atomic E-state index is 0.452. The SMILES string of the molecule is CCN(C)CCNc1nc2ccccc2nc1N. The highest BCUT2D eigenvalue weighted by molar-refractivity contribution is 5.79. The predicted molar refractivity (Wildman–Crippen MR) is 75.6 cm³/mol. The summed E-state index contributed by atoms with van der Waals surface area (Å²) in [5.41, 5.74) is 7.57. The lowest BCUT2D eigenvalue weighted by molar-refractivity contribution is 0.367. The van der Waals surface area contributed by atoms with Crippen LogP contribution in [0.1, 0.15) is 6.92 Å². The zero-order chi connectivity index (χ0) is 13.0. The summed E-state index contributed by atoms with van der Waals surface area (Å²) in [5.74, 6) is 1.12. The van der Waals surface area contributed by atoms with E-state index in [0.717, 1.165) is 30.7 Å². The Kier molecular flexibility index (Phi) is 3.94. The molecule has 1 aromatic carbocycles. The van der Waals surface area contributed by atoms with Crippen LogP contribution in [-0.2, 0) is 0 Å². The van der Waals surface area contributed by atoms with Crippen molar-refractivity contribution in [1.29, 1.82) is 0 Å². The summed E-state index contributed by atoms with van der Waals surface area (Å²) in [4.78, 5) is 11.0. The highest BCUT2D eigenvalue weighted by Gasteiger charge is 2.05. The minimum absolute atomic E-state index is 0.452. The average molecular weight is 245 g/mol. The number of para-hydroxylation sites is 2. The van der Waals surface area contributed by atoms with Gasteiger partial charge in [0.15, 0.2) is 11.6 Å². The maximum Gasteiger partial charge on any atom is 0.169 e. The molecule has 3 N–H and O–H groups in total. The second kappa shape index (κ2) is 5.64. The van der Waals surface area contributed by atoms with Gasteiger partial charge in [0.2, 0.25) is 0 Å². The molecule has 0 aliphatic carbocycles. The summed E-state index contributed by atoms with van der Waals surface area (Å²) < 4.78 is 0. The summed E-state index contributed by atoms with van der Waals surface area (Å²) in [6.45, 7) is 4.91. The van der Waals surface area contributed by atoms with Crippen molar-refractivity contribution in [2.75, 3.05) is 37.7 Å². The number of nitrogens with one attached hydrogen (secondary N) is 1. The van der Waals surface area contributed by atoms with Crippen LogP contribution in [0.5, 0.6) is 0 Å². The number of fused-ring (bicyclic) bond motifs is 1. The van der Waals surface area contributed by atoms with Crippen molar-refractivity contribution in [3.63, 3.8) is 0 Å². The van der Waals surface area contributed by atoms with E-state index in [1.807, 2.05) is 24.3 Å². The van der Waals surface area contributed by atoms with Crippen LogP contribution in [0.4, 0.5) is 11.6 Å². The second-order valence-corrected chi connectivity index (χ2v) is 4.27. The molecule has 0 atom stereocenters. The standard InChI is InChI=1S/C13H19N5/c1-3-18(2)9-8-15-13-12(14)16-10-6-4-5-7-11(10)17-13/h4-7H,3,8-9H2,1-2H3,(H2,14,16)(H,15,17). The van der Waals surface area contributed by atoms with E-state index in [-0.39, 0.29) is 0 Å². The van der Waals surface area contributed by atoms with Gasteiger partial charge in [-0.3, -0.25) is 0 Å². The molecule has 5 nitrogen and oxygen atoms in total. The first kappa shape index (κ1) is 12.6. The van der Waals surface area contributed by atoms with Gasteiger partial charge in [-0.05, 0) is 25.7 Å². The summed E-state index contributed by atoms with van der Waals surface area (Å²) in [6, 6.07) is 7.72. The number of nitrogen functional groups attached to an aromatic ring is 1. The average Bonchev–Trinajstić information content (AvgIpc) is 2.39. The molecule has 96 valence electrons. The van der Waals surface area contributed by atoms with Gasteiger partial charge < -0.3 is 16.0 Å². The Morgan fingerprint density at radius 3 is 2.56 bits per heavy atom. The quantitative estimate of drug-likeness (QED) is 0.837. The monoisotopic (exact) mass is 245 g/mol. The van der Waals surface area contributed by atoms with Gasteiger partial charge in [0.25, 0.3) is 0 Å². The van der Waals surface area contributed by atoms with Crippen LogP contribution >= 0.6 is 0 Å².